The standard InChI is InChI=1S/C19H22FN3O2/c20-15-3-1-2-14(12-15)19(6-10-25-11-7-19)18(24)22-16-4-5-17-21-8-9-23(17)13-16/h1-3,8-9,12,16H,4-7,10-11,13H2,(H,22,24). The highest BCUT2D eigenvalue weighted by Gasteiger charge is 2.42. The summed E-state index contributed by atoms with van der Waals surface area (Å²) >= 11 is 0. The number of fused-ring (bicyclic) bond motifs is 1. The molecule has 0 radical (unpaired) electrons. The van der Waals surface area contributed by atoms with Crippen LogP contribution < -0.4 is 5.32 Å². The number of nitrogens with one attached hydrogen (secondary N) is 1. The molecule has 0 aliphatic carbocycles. The smallest absolute Gasteiger partial charge is 0.231 e. The van der Waals surface area contributed by atoms with Crippen molar-refractivity contribution >= 4 is 5.91 Å². The van der Waals surface area contributed by atoms with Crippen molar-refractivity contribution in [1.29, 1.82) is 0 Å². The Morgan fingerprint density at radius 1 is 1.36 bits per heavy atom. The summed E-state index contributed by atoms with van der Waals surface area (Å²) in [4.78, 5) is 17.6. The van der Waals surface area contributed by atoms with Gasteiger partial charge < -0.3 is 14.6 Å². The van der Waals surface area contributed by atoms with Crippen LogP contribution in [0.25, 0.3) is 0 Å². The van der Waals surface area contributed by atoms with Crippen LogP contribution in [0.15, 0.2) is 36.7 Å². The SMILES string of the molecule is O=C(NC1CCc2nccn2C1)C1(c2cccc(F)c2)CCOCC1. The zero-order valence-electron chi connectivity index (χ0n) is 14.1. The molecule has 25 heavy (non-hydrogen) atoms. The van der Waals surface area contributed by atoms with Gasteiger partial charge in [0.1, 0.15) is 11.6 Å². The molecule has 6 heteroatoms. The topological polar surface area (TPSA) is 56.2 Å². The van der Waals surface area contributed by atoms with E-state index in [1.807, 2.05) is 12.3 Å². The van der Waals surface area contributed by atoms with Crippen molar-refractivity contribution in [3.63, 3.8) is 0 Å². The lowest BCUT2D eigenvalue weighted by Crippen LogP contribution is -2.52. The Balaban J connectivity index is 1.56. The van der Waals surface area contributed by atoms with Crippen LogP contribution in [0.5, 0.6) is 0 Å². The molecule has 0 spiro atoms. The van der Waals surface area contributed by atoms with E-state index in [4.69, 9.17) is 4.74 Å². The first-order chi connectivity index (χ1) is 12.2. The van der Waals surface area contributed by atoms with Crippen molar-refractivity contribution < 1.29 is 13.9 Å². The molecule has 1 atom stereocenters. The maximum Gasteiger partial charge on any atom is 0.231 e. The van der Waals surface area contributed by atoms with Gasteiger partial charge in [-0.2, -0.15) is 0 Å². The number of imidazole rings is 1. The van der Waals surface area contributed by atoms with Gasteiger partial charge in [0.2, 0.25) is 5.91 Å². The van der Waals surface area contributed by atoms with Gasteiger partial charge in [-0.05, 0) is 37.0 Å². The molecule has 1 aromatic heterocycles. The minimum absolute atomic E-state index is 0.0186. The number of ether oxygens (including phenoxy) is 1. The molecule has 1 aromatic carbocycles. The van der Waals surface area contributed by atoms with Crippen LogP contribution in [0.2, 0.25) is 0 Å². The van der Waals surface area contributed by atoms with E-state index in [9.17, 15) is 9.18 Å². The molecule has 0 saturated carbocycles. The molecule has 4 rings (SSSR count). The number of aryl methyl sites for hydroxylation is 1. The second-order valence-electron chi connectivity index (χ2n) is 6.91. The average Bonchev–Trinajstić information content (AvgIpc) is 3.10. The third-order valence-electron chi connectivity index (χ3n) is 5.43. The van der Waals surface area contributed by atoms with Crippen molar-refractivity contribution in [2.75, 3.05) is 13.2 Å². The molecular formula is C19H22FN3O2. The van der Waals surface area contributed by atoms with E-state index in [1.54, 1.807) is 12.3 Å². The van der Waals surface area contributed by atoms with Crippen molar-refractivity contribution in [1.82, 2.24) is 14.9 Å². The number of benzene rings is 1. The van der Waals surface area contributed by atoms with Gasteiger partial charge in [0.05, 0.1) is 5.41 Å². The Kier molecular flexibility index (Phi) is 4.29. The van der Waals surface area contributed by atoms with Crippen molar-refractivity contribution in [2.24, 2.45) is 0 Å². The monoisotopic (exact) mass is 343 g/mol. The second-order valence-corrected chi connectivity index (χ2v) is 6.91. The van der Waals surface area contributed by atoms with Crippen molar-refractivity contribution in [2.45, 2.75) is 43.7 Å². The van der Waals surface area contributed by atoms with Crippen molar-refractivity contribution in [3.05, 3.63) is 53.9 Å². The lowest BCUT2D eigenvalue weighted by atomic mass is 9.73. The molecule has 1 unspecified atom stereocenters. The number of hydrogen-bond donors (Lipinski definition) is 1. The van der Waals surface area contributed by atoms with Crippen LogP contribution in [0.4, 0.5) is 4.39 Å². The van der Waals surface area contributed by atoms with E-state index in [0.717, 1.165) is 30.8 Å². The van der Waals surface area contributed by atoms with E-state index in [1.165, 1.54) is 12.1 Å². The Morgan fingerprint density at radius 3 is 3.00 bits per heavy atom. The molecule has 132 valence electrons. The number of aromatic nitrogens is 2. The summed E-state index contributed by atoms with van der Waals surface area (Å²) in [5.74, 6) is 0.739. The molecule has 2 aromatic rings. The summed E-state index contributed by atoms with van der Waals surface area (Å²) in [6.07, 6.45) is 6.62. The summed E-state index contributed by atoms with van der Waals surface area (Å²) in [6.45, 7) is 1.76. The molecule has 5 nitrogen and oxygen atoms in total. The predicted molar refractivity (Wildman–Crippen MR) is 90.6 cm³/mol. The largest absolute Gasteiger partial charge is 0.381 e. The van der Waals surface area contributed by atoms with E-state index >= 15 is 0 Å². The normalized spacial score (nSPS) is 22.2. The number of rotatable bonds is 3. The quantitative estimate of drug-likeness (QED) is 0.930. The Morgan fingerprint density at radius 2 is 2.20 bits per heavy atom. The molecule has 1 amide bonds. The predicted octanol–water partition coefficient (Wildman–Crippen LogP) is 2.20. The fourth-order valence-electron chi connectivity index (χ4n) is 3.96. The van der Waals surface area contributed by atoms with E-state index in [2.05, 4.69) is 14.9 Å². The lowest BCUT2D eigenvalue weighted by molar-refractivity contribution is -0.131. The van der Waals surface area contributed by atoms with Crippen LogP contribution in [0.3, 0.4) is 0 Å². The van der Waals surface area contributed by atoms with Gasteiger partial charge in [-0.25, -0.2) is 9.37 Å². The molecule has 2 aliphatic heterocycles. The van der Waals surface area contributed by atoms with Crippen LogP contribution in [0.1, 0.15) is 30.7 Å². The number of amides is 1. The summed E-state index contributed by atoms with van der Waals surface area (Å²) in [7, 11) is 0. The summed E-state index contributed by atoms with van der Waals surface area (Å²) in [5.41, 5.74) is 0.0303. The van der Waals surface area contributed by atoms with Gasteiger partial charge in [-0.15, -0.1) is 0 Å². The Hall–Kier alpha value is -2.21. The first-order valence-electron chi connectivity index (χ1n) is 8.82. The van der Waals surface area contributed by atoms with Crippen molar-refractivity contribution in [3.8, 4) is 0 Å². The third kappa shape index (κ3) is 3.06. The lowest BCUT2D eigenvalue weighted by Gasteiger charge is -2.38. The fourth-order valence-corrected chi connectivity index (χ4v) is 3.96. The number of nitrogens with zero attached hydrogens (tertiary/aromatic N) is 2. The Bertz CT molecular complexity index is 768. The number of halogens is 1. The summed E-state index contributed by atoms with van der Waals surface area (Å²) in [6, 6.07) is 6.49. The van der Waals surface area contributed by atoms with Gasteiger partial charge in [0.15, 0.2) is 0 Å². The van der Waals surface area contributed by atoms with Gasteiger partial charge in [-0.3, -0.25) is 4.79 Å². The number of carbonyl (C=O) groups excluding carboxylic acids is 1. The summed E-state index contributed by atoms with van der Waals surface area (Å²) in [5, 5.41) is 3.21. The Labute approximate surface area is 146 Å². The van der Waals surface area contributed by atoms with E-state index in [-0.39, 0.29) is 17.8 Å². The van der Waals surface area contributed by atoms with E-state index < -0.39 is 5.41 Å². The molecule has 1 fully saturated rings. The minimum Gasteiger partial charge on any atom is -0.381 e. The highest BCUT2D eigenvalue weighted by molar-refractivity contribution is 5.88. The number of carbonyl (C=O) groups is 1. The minimum atomic E-state index is -0.713. The van der Waals surface area contributed by atoms with Crippen LogP contribution in [-0.4, -0.2) is 34.7 Å². The van der Waals surface area contributed by atoms with Gasteiger partial charge >= 0.3 is 0 Å². The van der Waals surface area contributed by atoms with Gasteiger partial charge in [-0.1, -0.05) is 12.1 Å². The first kappa shape index (κ1) is 16.3. The maximum absolute atomic E-state index is 13.8. The highest BCUT2D eigenvalue weighted by atomic mass is 19.1. The van der Waals surface area contributed by atoms with Gasteiger partial charge in [0, 0.05) is 44.6 Å². The molecular weight excluding hydrogens is 321 g/mol. The number of hydrogen-bond acceptors (Lipinski definition) is 3. The zero-order chi connectivity index (χ0) is 17.3. The molecule has 3 heterocycles. The van der Waals surface area contributed by atoms with E-state index in [0.29, 0.717) is 26.1 Å². The summed E-state index contributed by atoms with van der Waals surface area (Å²) < 4.78 is 21.3. The maximum atomic E-state index is 13.8. The molecule has 2 aliphatic rings. The van der Waals surface area contributed by atoms with Gasteiger partial charge in [0.25, 0.3) is 0 Å². The second kappa shape index (κ2) is 6.59. The third-order valence-corrected chi connectivity index (χ3v) is 5.43. The zero-order valence-corrected chi connectivity index (χ0v) is 14.1. The molecule has 1 saturated heterocycles. The van der Waals surface area contributed by atoms with Crippen LogP contribution in [-0.2, 0) is 27.9 Å². The fraction of sp³-hybridized carbons (Fsp3) is 0.474. The molecule has 0 bridgehead atoms. The van der Waals surface area contributed by atoms with Crippen LogP contribution >= 0.6 is 0 Å². The van der Waals surface area contributed by atoms with Crippen LogP contribution in [0, 0.1) is 5.82 Å². The first-order valence-corrected chi connectivity index (χ1v) is 8.82. The highest BCUT2D eigenvalue weighted by Crippen LogP contribution is 2.36. The molecule has 1 N–H and O–H groups in total. The average molecular weight is 343 g/mol.